The number of nitrogens with one attached hydrogen (secondary N) is 1. The molecule has 1 atom stereocenters. The van der Waals surface area contributed by atoms with Crippen molar-refractivity contribution in [1.82, 2.24) is 5.48 Å². The van der Waals surface area contributed by atoms with E-state index in [1.807, 2.05) is 0 Å². The number of hydroxylamine groups is 1. The van der Waals surface area contributed by atoms with E-state index >= 15 is 0 Å². The Balaban J connectivity index is 3.61. The number of rotatable bonds is 4. The molecule has 3 N–H and O–H groups in total. The van der Waals surface area contributed by atoms with Crippen molar-refractivity contribution in [2.45, 2.75) is 33.2 Å². The molecule has 0 bridgehead atoms. The maximum Gasteiger partial charge on any atom is 0.246 e. The van der Waals surface area contributed by atoms with Crippen molar-refractivity contribution in [3.8, 4) is 0 Å². The highest BCUT2D eigenvalue weighted by molar-refractivity contribution is 5.76. The van der Waals surface area contributed by atoms with E-state index in [0.29, 0.717) is 0 Å². The third kappa shape index (κ3) is 4.27. The molecule has 1 amide bonds. The van der Waals surface area contributed by atoms with Gasteiger partial charge in [-0.05, 0) is 6.92 Å². The summed E-state index contributed by atoms with van der Waals surface area (Å²) in [5.41, 5.74) is 2.10. The van der Waals surface area contributed by atoms with Crippen LogP contribution in [0.1, 0.15) is 20.8 Å². The molecule has 0 aromatic rings. The molecule has 0 radical (unpaired) electrons. The molecule has 0 aliphatic rings. The second kappa shape index (κ2) is 5.08. The van der Waals surface area contributed by atoms with Crippen LogP contribution in [-0.4, -0.2) is 28.5 Å². The summed E-state index contributed by atoms with van der Waals surface area (Å²) in [4.78, 5) is 15.5. The van der Waals surface area contributed by atoms with Gasteiger partial charge < -0.3 is 10.2 Å². The van der Waals surface area contributed by atoms with Gasteiger partial charge in [-0.15, -0.1) is 0 Å². The monoisotopic (exact) mass is 177 g/mol. The van der Waals surface area contributed by atoms with Crippen molar-refractivity contribution in [1.29, 1.82) is 0 Å². The predicted octanol–water partition coefficient (Wildman–Crippen LogP) is -0.611. The van der Waals surface area contributed by atoms with E-state index in [0.717, 1.165) is 0 Å². The Morgan fingerprint density at radius 3 is 2.17 bits per heavy atom. The number of amides is 1. The van der Waals surface area contributed by atoms with Crippen LogP contribution in [0.5, 0.6) is 0 Å². The fourth-order valence-corrected chi connectivity index (χ4v) is 0.330. The fourth-order valence-electron chi connectivity index (χ4n) is 0.330. The SMILES string of the molecule is CC(C)C(=O)NOC(C)C(O)O. The second-order valence-electron chi connectivity index (χ2n) is 2.86. The van der Waals surface area contributed by atoms with Crippen molar-refractivity contribution < 1.29 is 19.8 Å². The molecule has 12 heavy (non-hydrogen) atoms. The van der Waals surface area contributed by atoms with Crippen LogP contribution in [0.15, 0.2) is 0 Å². The van der Waals surface area contributed by atoms with E-state index in [-0.39, 0.29) is 11.8 Å². The largest absolute Gasteiger partial charge is 0.366 e. The Bertz CT molecular complexity index is 146. The highest BCUT2D eigenvalue weighted by atomic mass is 16.7. The van der Waals surface area contributed by atoms with Crippen molar-refractivity contribution in [2.24, 2.45) is 5.92 Å². The van der Waals surface area contributed by atoms with Gasteiger partial charge in [-0.3, -0.25) is 9.63 Å². The van der Waals surface area contributed by atoms with Gasteiger partial charge in [0.15, 0.2) is 6.29 Å². The Labute approximate surface area is 71.3 Å². The molecule has 0 spiro atoms. The molecular weight excluding hydrogens is 162 g/mol. The number of hydrogen-bond acceptors (Lipinski definition) is 4. The zero-order chi connectivity index (χ0) is 9.72. The minimum atomic E-state index is -1.59. The lowest BCUT2D eigenvalue weighted by Crippen LogP contribution is -2.36. The molecule has 0 saturated heterocycles. The summed E-state index contributed by atoms with van der Waals surface area (Å²) in [7, 11) is 0. The summed E-state index contributed by atoms with van der Waals surface area (Å²) in [6.07, 6.45) is -2.41. The van der Waals surface area contributed by atoms with Crippen LogP contribution in [0.3, 0.4) is 0 Å². The molecule has 1 unspecified atom stereocenters. The Morgan fingerprint density at radius 2 is 1.83 bits per heavy atom. The van der Waals surface area contributed by atoms with Gasteiger partial charge in [0.25, 0.3) is 0 Å². The van der Waals surface area contributed by atoms with Crippen molar-refractivity contribution >= 4 is 5.91 Å². The van der Waals surface area contributed by atoms with Crippen LogP contribution in [-0.2, 0) is 9.63 Å². The molecule has 0 heterocycles. The summed E-state index contributed by atoms with van der Waals surface area (Å²) >= 11 is 0. The number of hydrogen-bond donors (Lipinski definition) is 3. The van der Waals surface area contributed by atoms with Gasteiger partial charge in [-0.2, -0.15) is 0 Å². The minimum Gasteiger partial charge on any atom is -0.366 e. The van der Waals surface area contributed by atoms with E-state index in [2.05, 4.69) is 10.3 Å². The highest BCUT2D eigenvalue weighted by Crippen LogP contribution is 1.95. The summed E-state index contributed by atoms with van der Waals surface area (Å²) in [6, 6.07) is 0. The third-order valence-corrected chi connectivity index (χ3v) is 1.29. The molecule has 0 fully saturated rings. The van der Waals surface area contributed by atoms with Gasteiger partial charge >= 0.3 is 0 Å². The molecule has 5 nitrogen and oxygen atoms in total. The molecule has 5 heteroatoms. The zero-order valence-corrected chi connectivity index (χ0v) is 7.44. The van der Waals surface area contributed by atoms with E-state index in [1.54, 1.807) is 13.8 Å². The van der Waals surface area contributed by atoms with Gasteiger partial charge in [0.2, 0.25) is 5.91 Å². The fraction of sp³-hybridized carbons (Fsp3) is 0.857. The standard InChI is InChI=1S/C7H15NO4/c1-4(2)6(9)8-12-5(3)7(10)11/h4-5,7,10-11H,1-3H3,(H,8,9). The first-order valence-corrected chi connectivity index (χ1v) is 3.76. The highest BCUT2D eigenvalue weighted by Gasteiger charge is 2.13. The lowest BCUT2D eigenvalue weighted by molar-refractivity contribution is -0.174. The summed E-state index contributed by atoms with van der Waals surface area (Å²) < 4.78 is 0. The third-order valence-electron chi connectivity index (χ3n) is 1.29. The molecule has 0 aliphatic carbocycles. The topological polar surface area (TPSA) is 78.8 Å². The van der Waals surface area contributed by atoms with Gasteiger partial charge in [-0.25, -0.2) is 5.48 Å². The van der Waals surface area contributed by atoms with E-state index < -0.39 is 12.4 Å². The van der Waals surface area contributed by atoms with E-state index in [4.69, 9.17) is 10.2 Å². The van der Waals surface area contributed by atoms with Gasteiger partial charge in [-0.1, -0.05) is 13.8 Å². The maximum absolute atomic E-state index is 10.9. The van der Waals surface area contributed by atoms with Crippen LogP contribution >= 0.6 is 0 Å². The molecular formula is C7H15NO4. The number of aliphatic hydroxyl groups excluding tert-OH is 1. The first kappa shape index (κ1) is 11.4. The molecule has 72 valence electrons. The van der Waals surface area contributed by atoms with Gasteiger partial charge in [0.05, 0.1) is 0 Å². The minimum absolute atomic E-state index is 0.187. The summed E-state index contributed by atoms with van der Waals surface area (Å²) in [5.74, 6) is -0.476. The molecule has 0 aliphatic heterocycles. The lowest BCUT2D eigenvalue weighted by Gasteiger charge is -2.15. The molecule has 0 aromatic carbocycles. The second-order valence-corrected chi connectivity index (χ2v) is 2.86. The Kier molecular flexibility index (Phi) is 4.80. The predicted molar refractivity (Wildman–Crippen MR) is 41.8 cm³/mol. The smallest absolute Gasteiger partial charge is 0.246 e. The van der Waals surface area contributed by atoms with Gasteiger partial charge in [0.1, 0.15) is 6.10 Å². The molecule has 0 saturated carbocycles. The lowest BCUT2D eigenvalue weighted by atomic mass is 10.2. The zero-order valence-electron chi connectivity index (χ0n) is 7.44. The quantitative estimate of drug-likeness (QED) is 0.395. The van der Waals surface area contributed by atoms with Crippen LogP contribution in [0, 0.1) is 5.92 Å². The van der Waals surface area contributed by atoms with Crippen molar-refractivity contribution in [3.05, 3.63) is 0 Å². The van der Waals surface area contributed by atoms with Gasteiger partial charge in [0, 0.05) is 5.92 Å². The number of aliphatic hydroxyl groups is 2. The van der Waals surface area contributed by atoms with E-state index in [1.165, 1.54) is 6.92 Å². The first-order chi connectivity index (χ1) is 5.45. The Hall–Kier alpha value is -0.650. The Morgan fingerprint density at radius 1 is 1.33 bits per heavy atom. The van der Waals surface area contributed by atoms with E-state index in [9.17, 15) is 4.79 Å². The summed E-state index contributed by atoms with van der Waals surface area (Å²) in [5, 5.41) is 17.1. The molecule has 0 rings (SSSR count). The van der Waals surface area contributed by atoms with Crippen molar-refractivity contribution in [2.75, 3.05) is 0 Å². The average molecular weight is 177 g/mol. The van der Waals surface area contributed by atoms with Crippen LogP contribution < -0.4 is 5.48 Å². The van der Waals surface area contributed by atoms with Crippen LogP contribution in [0.2, 0.25) is 0 Å². The average Bonchev–Trinajstić information content (AvgIpc) is 1.98. The van der Waals surface area contributed by atoms with Crippen molar-refractivity contribution in [3.63, 3.8) is 0 Å². The summed E-state index contributed by atoms with van der Waals surface area (Å²) in [6.45, 7) is 4.85. The number of carbonyl (C=O) groups is 1. The number of carbonyl (C=O) groups excluding carboxylic acids is 1. The van der Waals surface area contributed by atoms with Crippen LogP contribution in [0.25, 0.3) is 0 Å². The maximum atomic E-state index is 10.9. The normalized spacial score (nSPS) is 13.6. The first-order valence-electron chi connectivity index (χ1n) is 3.76. The van der Waals surface area contributed by atoms with Crippen LogP contribution in [0.4, 0.5) is 0 Å². The molecule has 0 aromatic heterocycles.